The zero-order chi connectivity index (χ0) is 14.9. The van der Waals surface area contributed by atoms with E-state index in [1.807, 2.05) is 0 Å². The average molecular weight is 286 g/mol. The van der Waals surface area contributed by atoms with Crippen molar-refractivity contribution in [3.8, 4) is 0 Å². The molecule has 1 amide bonds. The van der Waals surface area contributed by atoms with Crippen LogP contribution in [0.3, 0.4) is 0 Å². The molecule has 0 aromatic heterocycles. The fraction of sp³-hybridized carbons (Fsp3) is 0.385. The fourth-order valence-corrected chi connectivity index (χ4v) is 2.22. The Balaban J connectivity index is 2.50. The van der Waals surface area contributed by atoms with Gasteiger partial charge in [0.1, 0.15) is 12.3 Å². The number of carbonyl (C=O) groups is 2. The van der Waals surface area contributed by atoms with Gasteiger partial charge in [-0.15, -0.1) is 0 Å². The molecule has 1 unspecified atom stereocenters. The predicted octanol–water partition coefficient (Wildman–Crippen LogP) is 1.84. The first-order chi connectivity index (χ1) is 9.34. The number of nitrogens with one attached hydrogen (secondary N) is 1. The van der Waals surface area contributed by atoms with E-state index in [1.165, 1.54) is 17.0 Å². The third kappa shape index (κ3) is 2.61. The number of anilines is 1. The van der Waals surface area contributed by atoms with Gasteiger partial charge in [0, 0.05) is 24.3 Å². The first kappa shape index (κ1) is 14.4. The summed E-state index contributed by atoms with van der Waals surface area (Å²) in [7, 11) is 0. The number of aldehydes is 1. The van der Waals surface area contributed by atoms with Gasteiger partial charge in [0.25, 0.3) is 0 Å². The summed E-state index contributed by atoms with van der Waals surface area (Å²) in [5.74, 6) is -0.316. The molecule has 0 bridgehead atoms. The van der Waals surface area contributed by atoms with Crippen molar-refractivity contribution >= 4 is 17.9 Å². The van der Waals surface area contributed by atoms with Crippen LogP contribution in [0.5, 0.6) is 0 Å². The number of hydrogen-bond donors (Lipinski definition) is 1. The SMILES string of the molecule is CC1C(=O)NCCN1c1ccc(C=O)cc1C(F)(F)F. The van der Waals surface area contributed by atoms with Gasteiger partial charge in [0.2, 0.25) is 5.91 Å². The van der Waals surface area contributed by atoms with E-state index in [2.05, 4.69) is 5.32 Å². The molecule has 0 saturated carbocycles. The Kier molecular flexibility index (Phi) is 3.69. The van der Waals surface area contributed by atoms with E-state index in [4.69, 9.17) is 0 Å². The van der Waals surface area contributed by atoms with Crippen molar-refractivity contribution in [3.63, 3.8) is 0 Å². The van der Waals surface area contributed by atoms with Crippen molar-refractivity contribution in [3.05, 3.63) is 29.3 Å². The summed E-state index contributed by atoms with van der Waals surface area (Å²) in [6.07, 6.45) is -4.21. The third-order valence-corrected chi connectivity index (χ3v) is 3.27. The second-order valence-electron chi connectivity index (χ2n) is 4.55. The molecule has 4 nitrogen and oxygen atoms in total. The van der Waals surface area contributed by atoms with E-state index in [1.54, 1.807) is 6.92 Å². The Morgan fingerprint density at radius 3 is 2.70 bits per heavy atom. The maximum atomic E-state index is 13.1. The molecule has 20 heavy (non-hydrogen) atoms. The minimum absolute atomic E-state index is 0.0461. The molecule has 1 heterocycles. The highest BCUT2D eigenvalue weighted by Gasteiger charge is 2.37. The third-order valence-electron chi connectivity index (χ3n) is 3.27. The monoisotopic (exact) mass is 286 g/mol. The molecular weight excluding hydrogens is 273 g/mol. The van der Waals surface area contributed by atoms with Crippen LogP contribution in [0.15, 0.2) is 18.2 Å². The number of hydrogen-bond acceptors (Lipinski definition) is 3. The molecule has 108 valence electrons. The topological polar surface area (TPSA) is 49.4 Å². The quantitative estimate of drug-likeness (QED) is 0.844. The van der Waals surface area contributed by atoms with E-state index >= 15 is 0 Å². The van der Waals surface area contributed by atoms with Gasteiger partial charge in [0.05, 0.1) is 5.56 Å². The molecule has 1 saturated heterocycles. The second kappa shape index (κ2) is 5.15. The van der Waals surface area contributed by atoms with Crippen molar-refractivity contribution in [2.75, 3.05) is 18.0 Å². The fourth-order valence-electron chi connectivity index (χ4n) is 2.22. The number of carbonyl (C=O) groups excluding carboxylic acids is 2. The van der Waals surface area contributed by atoms with Crippen LogP contribution in [0.2, 0.25) is 0 Å². The standard InChI is InChI=1S/C13H13F3N2O2/c1-8-12(20)17-4-5-18(8)11-3-2-9(7-19)6-10(11)13(14,15)16/h2-3,6-8H,4-5H2,1H3,(H,17,20). The summed E-state index contributed by atoms with van der Waals surface area (Å²) in [6, 6.07) is 2.67. The molecule has 0 spiro atoms. The van der Waals surface area contributed by atoms with Crippen molar-refractivity contribution in [1.29, 1.82) is 0 Å². The summed E-state index contributed by atoms with van der Waals surface area (Å²) in [5.41, 5.74) is -1.02. The van der Waals surface area contributed by atoms with E-state index < -0.39 is 17.8 Å². The number of rotatable bonds is 2. The Morgan fingerprint density at radius 2 is 2.10 bits per heavy atom. The second-order valence-corrected chi connectivity index (χ2v) is 4.55. The lowest BCUT2D eigenvalue weighted by Gasteiger charge is -2.36. The molecule has 0 aliphatic carbocycles. The molecule has 1 aromatic carbocycles. The highest BCUT2D eigenvalue weighted by molar-refractivity contribution is 5.87. The maximum Gasteiger partial charge on any atom is 0.418 e. The van der Waals surface area contributed by atoms with Crippen molar-refractivity contribution < 1.29 is 22.8 Å². The zero-order valence-electron chi connectivity index (χ0n) is 10.7. The first-order valence-electron chi connectivity index (χ1n) is 6.05. The van der Waals surface area contributed by atoms with E-state index in [0.29, 0.717) is 6.29 Å². The summed E-state index contributed by atoms with van der Waals surface area (Å²) in [6.45, 7) is 2.12. The smallest absolute Gasteiger partial charge is 0.358 e. The Labute approximate surface area is 113 Å². The van der Waals surface area contributed by atoms with Gasteiger partial charge in [-0.25, -0.2) is 0 Å². The normalized spacial score (nSPS) is 19.7. The van der Waals surface area contributed by atoms with E-state index in [-0.39, 0.29) is 30.2 Å². The van der Waals surface area contributed by atoms with Gasteiger partial charge < -0.3 is 10.2 Å². The lowest BCUT2D eigenvalue weighted by molar-refractivity contribution is -0.137. The van der Waals surface area contributed by atoms with Crippen LogP contribution >= 0.6 is 0 Å². The van der Waals surface area contributed by atoms with Gasteiger partial charge >= 0.3 is 6.18 Å². The van der Waals surface area contributed by atoms with Gasteiger partial charge in [-0.3, -0.25) is 9.59 Å². The molecule has 1 fully saturated rings. The van der Waals surface area contributed by atoms with Crippen LogP contribution in [0, 0.1) is 0 Å². The van der Waals surface area contributed by atoms with Crippen molar-refractivity contribution in [2.45, 2.75) is 19.1 Å². The Bertz CT molecular complexity index is 543. The molecule has 1 aliphatic heterocycles. The minimum atomic E-state index is -4.58. The van der Waals surface area contributed by atoms with Crippen LogP contribution in [-0.4, -0.2) is 31.3 Å². The average Bonchev–Trinajstić information content (AvgIpc) is 2.40. The van der Waals surface area contributed by atoms with Gasteiger partial charge in [-0.2, -0.15) is 13.2 Å². The maximum absolute atomic E-state index is 13.1. The molecule has 1 aromatic rings. The van der Waals surface area contributed by atoms with Gasteiger partial charge in [-0.05, 0) is 25.1 Å². The number of piperazine rings is 1. The number of benzene rings is 1. The highest BCUT2D eigenvalue weighted by Crippen LogP contribution is 2.38. The number of alkyl halides is 3. The summed E-state index contributed by atoms with van der Waals surface area (Å²) in [4.78, 5) is 23.6. The molecule has 1 aliphatic rings. The highest BCUT2D eigenvalue weighted by atomic mass is 19.4. The Morgan fingerprint density at radius 1 is 1.40 bits per heavy atom. The van der Waals surface area contributed by atoms with Crippen molar-refractivity contribution in [1.82, 2.24) is 5.32 Å². The van der Waals surface area contributed by atoms with Crippen LogP contribution in [0.4, 0.5) is 18.9 Å². The lowest BCUT2D eigenvalue weighted by atomic mass is 10.0. The molecule has 7 heteroatoms. The lowest BCUT2D eigenvalue weighted by Crippen LogP contribution is -2.54. The number of halogens is 3. The molecule has 0 radical (unpaired) electrons. The number of nitrogens with zero attached hydrogens (tertiary/aromatic N) is 1. The van der Waals surface area contributed by atoms with E-state index in [0.717, 1.165) is 6.07 Å². The zero-order valence-corrected chi connectivity index (χ0v) is 10.7. The molecular formula is C13H13F3N2O2. The van der Waals surface area contributed by atoms with E-state index in [9.17, 15) is 22.8 Å². The largest absolute Gasteiger partial charge is 0.418 e. The summed E-state index contributed by atoms with van der Waals surface area (Å²) < 4.78 is 39.3. The van der Waals surface area contributed by atoms with Gasteiger partial charge in [0.15, 0.2) is 0 Å². The predicted molar refractivity (Wildman–Crippen MR) is 66.6 cm³/mol. The molecule has 1 N–H and O–H groups in total. The van der Waals surface area contributed by atoms with Crippen LogP contribution in [0.1, 0.15) is 22.8 Å². The van der Waals surface area contributed by atoms with Gasteiger partial charge in [-0.1, -0.05) is 0 Å². The number of amides is 1. The van der Waals surface area contributed by atoms with Crippen LogP contribution in [-0.2, 0) is 11.0 Å². The molecule has 2 rings (SSSR count). The minimum Gasteiger partial charge on any atom is -0.358 e. The van der Waals surface area contributed by atoms with Crippen molar-refractivity contribution in [2.24, 2.45) is 0 Å². The van der Waals surface area contributed by atoms with Crippen LogP contribution in [0.25, 0.3) is 0 Å². The Hall–Kier alpha value is -2.05. The van der Waals surface area contributed by atoms with Crippen LogP contribution < -0.4 is 10.2 Å². The first-order valence-corrected chi connectivity index (χ1v) is 6.05. The summed E-state index contributed by atoms with van der Waals surface area (Å²) >= 11 is 0. The summed E-state index contributed by atoms with van der Waals surface area (Å²) in [5, 5.41) is 2.59. The molecule has 1 atom stereocenters.